The maximum atomic E-state index is 12.3. The highest BCUT2D eigenvalue weighted by atomic mass is 16.5. The van der Waals surface area contributed by atoms with Crippen LogP contribution in [0.25, 0.3) is 10.9 Å². The summed E-state index contributed by atoms with van der Waals surface area (Å²) in [6.45, 7) is 6.31. The number of aromatic nitrogens is 1. The van der Waals surface area contributed by atoms with Crippen molar-refractivity contribution in [2.24, 2.45) is 10.6 Å². The Morgan fingerprint density at radius 3 is 2.93 bits per heavy atom. The second-order valence-corrected chi connectivity index (χ2v) is 8.01. The van der Waals surface area contributed by atoms with E-state index in [1.807, 2.05) is 0 Å². The number of hydrogen-bond donors (Lipinski definition) is 2. The number of nitrogens with one attached hydrogen (secondary N) is 1. The van der Waals surface area contributed by atoms with Gasteiger partial charge in [-0.3, -0.25) is 4.90 Å². The summed E-state index contributed by atoms with van der Waals surface area (Å²) in [5.41, 5.74) is 3.81. The zero-order chi connectivity index (χ0) is 19.7. The third-order valence-electron chi connectivity index (χ3n) is 6.69. The lowest BCUT2D eigenvalue weighted by Crippen LogP contribution is -2.50. The van der Waals surface area contributed by atoms with Crippen LogP contribution in [0.1, 0.15) is 56.8 Å². The van der Waals surface area contributed by atoms with E-state index in [-0.39, 0.29) is 23.8 Å². The fraction of sp³-hybridized carbons (Fsp3) is 0.545. The van der Waals surface area contributed by atoms with Gasteiger partial charge in [-0.1, -0.05) is 30.3 Å². The molecule has 2 atom stereocenters. The van der Waals surface area contributed by atoms with E-state index in [4.69, 9.17) is 4.74 Å². The van der Waals surface area contributed by atoms with Crippen molar-refractivity contribution in [1.29, 1.82) is 0 Å². The van der Waals surface area contributed by atoms with Crippen molar-refractivity contribution in [3.8, 4) is 0 Å². The predicted octanol–water partition coefficient (Wildman–Crippen LogP) is 4.04. The van der Waals surface area contributed by atoms with Gasteiger partial charge in [-0.05, 0) is 56.2 Å². The second-order valence-electron chi connectivity index (χ2n) is 8.01. The largest absolute Gasteiger partial charge is 0.461 e. The first kappa shape index (κ1) is 19.0. The van der Waals surface area contributed by atoms with Crippen LogP contribution in [-0.4, -0.2) is 46.5 Å². The maximum Gasteiger partial charge on any atom is 0.356 e. The number of carbonyl (C=O) groups is 1. The highest BCUT2D eigenvalue weighted by Crippen LogP contribution is 2.53. The van der Waals surface area contributed by atoms with Gasteiger partial charge in [0.15, 0.2) is 5.71 Å². The van der Waals surface area contributed by atoms with Gasteiger partial charge >= 0.3 is 5.97 Å². The summed E-state index contributed by atoms with van der Waals surface area (Å²) in [7, 11) is 0. The minimum Gasteiger partial charge on any atom is -0.461 e. The number of H-pyrrole nitrogens is 1. The molecule has 2 aromatic rings. The highest BCUT2D eigenvalue weighted by Gasteiger charge is 2.48. The Morgan fingerprint density at radius 2 is 2.18 bits per heavy atom. The van der Waals surface area contributed by atoms with E-state index in [1.54, 1.807) is 6.92 Å². The molecule has 28 heavy (non-hydrogen) atoms. The Labute approximate surface area is 165 Å². The van der Waals surface area contributed by atoms with Gasteiger partial charge < -0.3 is 14.9 Å². The average molecular weight is 383 g/mol. The van der Waals surface area contributed by atoms with E-state index in [0.717, 1.165) is 38.8 Å². The molecule has 1 saturated heterocycles. The van der Waals surface area contributed by atoms with Gasteiger partial charge in [-0.15, -0.1) is 0 Å². The van der Waals surface area contributed by atoms with Gasteiger partial charge in [0.05, 0.1) is 12.6 Å². The molecule has 0 spiro atoms. The molecule has 0 radical (unpaired) electrons. The number of ether oxygens (including phenoxy) is 1. The van der Waals surface area contributed by atoms with Crippen LogP contribution in [0.15, 0.2) is 29.4 Å². The molecule has 0 saturated carbocycles. The molecule has 150 valence electrons. The first-order chi connectivity index (χ1) is 13.6. The van der Waals surface area contributed by atoms with Crippen molar-refractivity contribution < 1.29 is 14.7 Å². The fourth-order valence-electron chi connectivity index (χ4n) is 5.37. The number of piperidine rings is 1. The van der Waals surface area contributed by atoms with Crippen LogP contribution in [-0.2, 0) is 16.0 Å². The van der Waals surface area contributed by atoms with Crippen LogP contribution >= 0.6 is 0 Å². The number of hydrogen-bond acceptors (Lipinski definition) is 5. The number of fused-ring (bicyclic) bond motifs is 5. The molecule has 4 rings (SSSR count). The van der Waals surface area contributed by atoms with E-state index >= 15 is 0 Å². The SMILES string of the molecule is CCOC(=O)/C(C[C@]1(CC)CCCN2CCc3c([nH]c4ccccc34)[C@H]21)=N/O. The van der Waals surface area contributed by atoms with Crippen molar-refractivity contribution in [2.45, 2.75) is 52.0 Å². The lowest BCUT2D eigenvalue weighted by atomic mass is 9.65. The molecule has 2 N–H and O–H groups in total. The highest BCUT2D eigenvalue weighted by molar-refractivity contribution is 6.36. The minimum absolute atomic E-state index is 0.133. The van der Waals surface area contributed by atoms with Crippen LogP contribution in [0, 0.1) is 5.41 Å². The minimum atomic E-state index is -0.511. The Bertz CT molecular complexity index is 904. The van der Waals surface area contributed by atoms with Crippen LogP contribution in [0.3, 0.4) is 0 Å². The van der Waals surface area contributed by atoms with Crippen molar-refractivity contribution in [2.75, 3.05) is 19.7 Å². The normalized spacial score (nSPS) is 25.4. The Hall–Kier alpha value is -2.34. The van der Waals surface area contributed by atoms with Crippen molar-refractivity contribution in [1.82, 2.24) is 9.88 Å². The van der Waals surface area contributed by atoms with Crippen molar-refractivity contribution in [3.05, 3.63) is 35.5 Å². The molecule has 6 nitrogen and oxygen atoms in total. The Kier molecular flexibility index (Phi) is 5.15. The predicted molar refractivity (Wildman–Crippen MR) is 109 cm³/mol. The molecule has 1 fully saturated rings. The first-order valence-electron chi connectivity index (χ1n) is 10.3. The lowest BCUT2D eigenvalue weighted by Gasteiger charge is -2.52. The molecule has 1 aromatic heterocycles. The second kappa shape index (κ2) is 7.59. The van der Waals surface area contributed by atoms with E-state index in [2.05, 4.69) is 46.2 Å². The van der Waals surface area contributed by atoms with Crippen LogP contribution in [0.4, 0.5) is 0 Å². The maximum absolute atomic E-state index is 12.3. The summed E-state index contributed by atoms with van der Waals surface area (Å²) in [5, 5.41) is 14.2. The standard InChI is InChI=1S/C22H29N3O3/c1-3-22(14-18(24-27)21(26)28-4-2)11-7-12-25-13-10-16-15-8-5-6-9-17(15)23-19(16)20(22)25/h5-6,8-9,20,23,27H,3-4,7,10-14H2,1-2H3/b24-18+/t20-,22-/m0/s1. The number of para-hydroxylation sites is 1. The summed E-state index contributed by atoms with van der Waals surface area (Å²) in [6, 6.07) is 8.67. The van der Waals surface area contributed by atoms with E-state index in [0.29, 0.717) is 6.42 Å². The first-order valence-corrected chi connectivity index (χ1v) is 10.3. The van der Waals surface area contributed by atoms with Gasteiger partial charge in [0.25, 0.3) is 0 Å². The average Bonchev–Trinajstić information content (AvgIpc) is 3.10. The number of rotatable bonds is 5. The topological polar surface area (TPSA) is 77.9 Å². The fourth-order valence-corrected chi connectivity index (χ4v) is 5.37. The Morgan fingerprint density at radius 1 is 1.36 bits per heavy atom. The number of esters is 1. The van der Waals surface area contributed by atoms with Gasteiger partial charge in [-0.2, -0.15) is 0 Å². The van der Waals surface area contributed by atoms with Crippen LogP contribution in [0.5, 0.6) is 0 Å². The van der Waals surface area contributed by atoms with E-state index in [9.17, 15) is 10.0 Å². The summed E-state index contributed by atoms with van der Waals surface area (Å²) >= 11 is 0. The number of oxime groups is 1. The summed E-state index contributed by atoms with van der Waals surface area (Å²) in [4.78, 5) is 18.6. The molecule has 0 unspecified atom stereocenters. The molecule has 1 aromatic carbocycles. The molecule has 2 aliphatic heterocycles. The summed E-state index contributed by atoms with van der Waals surface area (Å²) in [6.07, 6.45) is 4.45. The van der Waals surface area contributed by atoms with E-state index in [1.165, 1.54) is 22.2 Å². The number of carbonyl (C=O) groups excluding carboxylic acids is 1. The zero-order valence-electron chi connectivity index (χ0n) is 16.7. The smallest absolute Gasteiger partial charge is 0.356 e. The third kappa shape index (κ3) is 3.00. The van der Waals surface area contributed by atoms with Crippen LogP contribution in [0.2, 0.25) is 0 Å². The van der Waals surface area contributed by atoms with Gasteiger partial charge in [0, 0.05) is 29.6 Å². The molecule has 6 heteroatoms. The quantitative estimate of drug-likeness (QED) is 0.353. The van der Waals surface area contributed by atoms with Gasteiger partial charge in [-0.25, -0.2) is 4.79 Å². The van der Waals surface area contributed by atoms with Gasteiger partial charge in [0.1, 0.15) is 0 Å². The molecule has 3 heterocycles. The molecule has 2 aliphatic rings. The molecule has 0 amide bonds. The molecular formula is C22H29N3O3. The summed E-state index contributed by atoms with van der Waals surface area (Å²) in [5.74, 6) is -0.511. The lowest BCUT2D eigenvalue weighted by molar-refractivity contribution is -0.135. The molecule has 0 aliphatic carbocycles. The van der Waals surface area contributed by atoms with Crippen molar-refractivity contribution in [3.63, 3.8) is 0 Å². The monoisotopic (exact) mass is 383 g/mol. The summed E-state index contributed by atoms with van der Waals surface area (Å²) < 4.78 is 5.13. The third-order valence-corrected chi connectivity index (χ3v) is 6.69. The van der Waals surface area contributed by atoms with Gasteiger partial charge in [0.2, 0.25) is 0 Å². The number of nitrogens with zero attached hydrogens (tertiary/aromatic N) is 2. The molecule has 0 bridgehead atoms. The number of benzene rings is 1. The van der Waals surface area contributed by atoms with Crippen molar-refractivity contribution >= 4 is 22.6 Å². The zero-order valence-corrected chi connectivity index (χ0v) is 16.7. The van der Waals surface area contributed by atoms with Crippen LogP contribution < -0.4 is 0 Å². The Balaban J connectivity index is 1.78. The van der Waals surface area contributed by atoms with E-state index < -0.39 is 5.97 Å². The molecular weight excluding hydrogens is 354 g/mol. The number of aromatic amines is 1.